The Morgan fingerprint density at radius 2 is 1.69 bits per heavy atom. The number of para-hydroxylation sites is 1. The van der Waals surface area contributed by atoms with Crippen molar-refractivity contribution in [1.29, 1.82) is 0 Å². The van der Waals surface area contributed by atoms with Crippen molar-refractivity contribution in [2.24, 2.45) is 0 Å². The normalized spacial score (nSPS) is 15.7. The lowest BCUT2D eigenvalue weighted by Gasteiger charge is -2.08. The summed E-state index contributed by atoms with van der Waals surface area (Å²) >= 11 is 2.03. The summed E-state index contributed by atoms with van der Waals surface area (Å²) in [7, 11) is 0. The van der Waals surface area contributed by atoms with E-state index in [0.717, 1.165) is 5.69 Å². The molecule has 0 amide bonds. The lowest BCUT2D eigenvalue weighted by atomic mass is 10.3. The van der Waals surface area contributed by atoms with Crippen LogP contribution in [-0.4, -0.2) is 24.6 Å². The van der Waals surface area contributed by atoms with Gasteiger partial charge in [-0.05, 0) is 12.1 Å². The molecule has 1 fully saturated rings. The van der Waals surface area contributed by atoms with Crippen molar-refractivity contribution < 1.29 is 0 Å². The van der Waals surface area contributed by atoms with Gasteiger partial charge in [-0.15, -0.1) is 0 Å². The predicted octanol–water partition coefficient (Wildman–Crippen LogP) is 1.59. The van der Waals surface area contributed by atoms with E-state index < -0.39 is 0 Å². The molecule has 1 saturated heterocycles. The highest BCUT2D eigenvalue weighted by atomic mass is 32.2. The molecule has 2 rings (SSSR count). The first-order chi connectivity index (χ1) is 6.39. The minimum Gasteiger partial charge on any atom is -0.399 e. The van der Waals surface area contributed by atoms with Gasteiger partial charge in [-0.3, -0.25) is 0 Å². The Kier molecular flexibility index (Phi) is 5.45. The Morgan fingerprint density at radius 3 is 1.92 bits per heavy atom. The van der Waals surface area contributed by atoms with Crippen molar-refractivity contribution in [1.82, 2.24) is 5.32 Å². The second kappa shape index (κ2) is 6.80. The highest BCUT2D eigenvalue weighted by Crippen LogP contribution is 1.99. The number of nitrogen functional groups attached to an aromatic ring is 1. The minimum atomic E-state index is 0.822. The Hall–Kier alpha value is -0.670. The molecular weight excluding hydrogens is 180 g/mol. The summed E-state index contributed by atoms with van der Waals surface area (Å²) in [5, 5.41) is 3.26. The van der Waals surface area contributed by atoms with Crippen LogP contribution in [0.2, 0.25) is 0 Å². The maximum absolute atomic E-state index is 5.36. The number of benzene rings is 1. The van der Waals surface area contributed by atoms with Crippen molar-refractivity contribution in [3.8, 4) is 0 Å². The maximum atomic E-state index is 5.36. The maximum Gasteiger partial charge on any atom is 0.0313 e. The Morgan fingerprint density at radius 1 is 1.08 bits per heavy atom. The number of thioether (sulfide) groups is 1. The summed E-state index contributed by atoms with van der Waals surface area (Å²) in [6.45, 7) is 2.43. The van der Waals surface area contributed by atoms with Crippen molar-refractivity contribution in [2.75, 3.05) is 30.3 Å². The van der Waals surface area contributed by atoms with Crippen molar-refractivity contribution >= 4 is 17.4 Å². The van der Waals surface area contributed by atoms with Gasteiger partial charge in [0.25, 0.3) is 0 Å². The van der Waals surface area contributed by atoms with Gasteiger partial charge in [-0.25, -0.2) is 0 Å². The standard InChI is InChI=1S/C6H7N.C4H9NS/c7-6-4-2-1-3-5-6;1-3-6-4-2-5-1/h1-5H,7H2;5H,1-4H2. The van der Waals surface area contributed by atoms with Gasteiger partial charge in [0.2, 0.25) is 0 Å². The van der Waals surface area contributed by atoms with Crippen LogP contribution in [0.4, 0.5) is 5.69 Å². The SMILES string of the molecule is C1CSCCN1.Nc1ccccc1. The van der Waals surface area contributed by atoms with E-state index in [9.17, 15) is 0 Å². The molecule has 13 heavy (non-hydrogen) atoms. The summed E-state index contributed by atoms with van der Waals surface area (Å²) in [6.07, 6.45) is 0. The number of anilines is 1. The third-order valence-corrected chi connectivity index (χ3v) is 2.63. The van der Waals surface area contributed by atoms with Crippen molar-refractivity contribution in [3.63, 3.8) is 0 Å². The molecule has 1 aliphatic heterocycles. The third-order valence-electron chi connectivity index (χ3n) is 1.65. The fraction of sp³-hybridized carbons (Fsp3) is 0.400. The fourth-order valence-electron chi connectivity index (χ4n) is 0.969. The monoisotopic (exact) mass is 196 g/mol. The van der Waals surface area contributed by atoms with Crippen LogP contribution in [0.3, 0.4) is 0 Å². The molecule has 0 aromatic heterocycles. The zero-order chi connectivity index (χ0) is 9.36. The van der Waals surface area contributed by atoms with Crippen LogP contribution in [0.25, 0.3) is 0 Å². The first-order valence-electron chi connectivity index (χ1n) is 4.48. The molecular formula is C10H16N2S. The average Bonchev–Trinajstić information content (AvgIpc) is 2.22. The number of rotatable bonds is 0. The van der Waals surface area contributed by atoms with Crippen molar-refractivity contribution in [2.45, 2.75) is 0 Å². The summed E-state index contributed by atoms with van der Waals surface area (Å²) < 4.78 is 0. The molecule has 1 heterocycles. The minimum absolute atomic E-state index is 0.822. The highest BCUT2D eigenvalue weighted by Gasteiger charge is 1.93. The number of nitrogens with one attached hydrogen (secondary N) is 1. The van der Waals surface area contributed by atoms with Crippen LogP contribution < -0.4 is 11.1 Å². The van der Waals surface area contributed by atoms with E-state index in [2.05, 4.69) is 5.32 Å². The Labute approximate surface area is 83.9 Å². The van der Waals surface area contributed by atoms with E-state index in [4.69, 9.17) is 5.73 Å². The molecule has 2 nitrogen and oxygen atoms in total. The number of nitrogens with two attached hydrogens (primary N) is 1. The molecule has 0 bridgehead atoms. The molecule has 1 aromatic carbocycles. The topological polar surface area (TPSA) is 38.0 Å². The summed E-state index contributed by atoms with van der Waals surface area (Å²) in [5.41, 5.74) is 6.18. The van der Waals surface area contributed by atoms with Gasteiger partial charge in [-0.1, -0.05) is 18.2 Å². The van der Waals surface area contributed by atoms with Gasteiger partial charge in [-0.2, -0.15) is 11.8 Å². The third kappa shape index (κ3) is 5.55. The second-order valence-corrected chi connectivity index (χ2v) is 4.00. The molecule has 1 aliphatic rings. The smallest absolute Gasteiger partial charge is 0.0313 e. The zero-order valence-corrected chi connectivity index (χ0v) is 8.52. The van der Waals surface area contributed by atoms with Gasteiger partial charge < -0.3 is 11.1 Å². The number of hydrogen-bond donors (Lipinski definition) is 2. The van der Waals surface area contributed by atoms with E-state index in [1.807, 2.05) is 42.1 Å². The van der Waals surface area contributed by atoms with Gasteiger partial charge in [0, 0.05) is 30.3 Å². The fourth-order valence-corrected chi connectivity index (χ4v) is 1.75. The van der Waals surface area contributed by atoms with Crippen LogP contribution >= 0.6 is 11.8 Å². The second-order valence-electron chi connectivity index (χ2n) is 2.77. The van der Waals surface area contributed by atoms with Crippen LogP contribution in [-0.2, 0) is 0 Å². The Balaban J connectivity index is 0.000000132. The Bertz CT molecular complexity index is 198. The summed E-state index contributed by atoms with van der Waals surface area (Å²) in [6, 6.07) is 9.49. The molecule has 0 unspecified atom stereocenters. The molecule has 0 spiro atoms. The largest absolute Gasteiger partial charge is 0.399 e. The predicted molar refractivity (Wildman–Crippen MR) is 61.0 cm³/mol. The highest BCUT2D eigenvalue weighted by molar-refractivity contribution is 7.99. The van der Waals surface area contributed by atoms with E-state index in [1.54, 1.807) is 0 Å². The molecule has 3 N–H and O–H groups in total. The van der Waals surface area contributed by atoms with Crippen LogP contribution in [0, 0.1) is 0 Å². The average molecular weight is 196 g/mol. The van der Waals surface area contributed by atoms with Gasteiger partial charge in [0.05, 0.1) is 0 Å². The van der Waals surface area contributed by atoms with Gasteiger partial charge in [0.1, 0.15) is 0 Å². The van der Waals surface area contributed by atoms with Crippen LogP contribution in [0.15, 0.2) is 30.3 Å². The van der Waals surface area contributed by atoms with Crippen molar-refractivity contribution in [3.05, 3.63) is 30.3 Å². The first kappa shape index (κ1) is 10.4. The van der Waals surface area contributed by atoms with E-state index in [1.165, 1.54) is 24.6 Å². The summed E-state index contributed by atoms with van der Waals surface area (Å²) in [4.78, 5) is 0. The molecule has 0 atom stereocenters. The molecule has 72 valence electrons. The van der Waals surface area contributed by atoms with E-state index >= 15 is 0 Å². The molecule has 0 radical (unpaired) electrons. The molecule has 0 saturated carbocycles. The summed E-state index contributed by atoms with van der Waals surface area (Å²) in [5.74, 6) is 2.61. The van der Waals surface area contributed by atoms with E-state index in [0.29, 0.717) is 0 Å². The lowest BCUT2D eigenvalue weighted by molar-refractivity contribution is 0.756. The van der Waals surface area contributed by atoms with Crippen LogP contribution in [0.1, 0.15) is 0 Å². The van der Waals surface area contributed by atoms with Crippen LogP contribution in [0.5, 0.6) is 0 Å². The quantitative estimate of drug-likeness (QED) is 0.619. The number of hydrogen-bond acceptors (Lipinski definition) is 3. The zero-order valence-electron chi connectivity index (χ0n) is 7.70. The molecule has 0 aliphatic carbocycles. The molecule has 1 aromatic rings. The lowest BCUT2D eigenvalue weighted by Crippen LogP contribution is -2.24. The van der Waals surface area contributed by atoms with Gasteiger partial charge in [0.15, 0.2) is 0 Å². The van der Waals surface area contributed by atoms with Gasteiger partial charge >= 0.3 is 0 Å². The first-order valence-corrected chi connectivity index (χ1v) is 5.64. The van der Waals surface area contributed by atoms with E-state index in [-0.39, 0.29) is 0 Å². The molecule has 3 heteroatoms.